The van der Waals surface area contributed by atoms with Crippen LogP contribution in [0.1, 0.15) is 38.2 Å². The van der Waals surface area contributed by atoms with E-state index in [4.69, 9.17) is 9.47 Å². The van der Waals surface area contributed by atoms with Gasteiger partial charge in [0, 0.05) is 0 Å². The summed E-state index contributed by atoms with van der Waals surface area (Å²) < 4.78 is 10.3. The molecule has 0 radical (unpaired) electrons. The Balaban J connectivity index is 1.69. The first-order valence-electron chi connectivity index (χ1n) is 9.20. The first-order chi connectivity index (χ1) is 12.6. The Morgan fingerprint density at radius 1 is 1.04 bits per heavy atom. The first kappa shape index (κ1) is 18.5. The van der Waals surface area contributed by atoms with Crippen molar-refractivity contribution in [2.75, 3.05) is 13.7 Å². The molecule has 0 aromatic heterocycles. The van der Waals surface area contributed by atoms with Gasteiger partial charge in [-0.05, 0) is 61.4 Å². The zero-order valence-corrected chi connectivity index (χ0v) is 15.4. The molecule has 4 heteroatoms. The molecule has 3 rings (SSSR count). The highest BCUT2D eigenvalue weighted by Gasteiger charge is 2.37. The molecule has 4 nitrogen and oxygen atoms in total. The number of aliphatic hydroxyl groups is 1. The van der Waals surface area contributed by atoms with Gasteiger partial charge in [0.1, 0.15) is 5.75 Å². The minimum atomic E-state index is -0.860. The van der Waals surface area contributed by atoms with Gasteiger partial charge in [-0.1, -0.05) is 36.4 Å². The lowest BCUT2D eigenvalue weighted by molar-refractivity contribution is -0.151. The van der Waals surface area contributed by atoms with E-state index in [0.717, 1.165) is 22.4 Å². The molecule has 0 unspecified atom stereocenters. The molecule has 0 atom stereocenters. The van der Waals surface area contributed by atoms with E-state index >= 15 is 0 Å². The number of hydrogen-bond acceptors (Lipinski definition) is 4. The molecular weight excluding hydrogens is 328 g/mol. The van der Waals surface area contributed by atoms with Crippen LogP contribution in [0.25, 0.3) is 11.1 Å². The highest BCUT2D eigenvalue weighted by atomic mass is 16.5. The molecule has 0 heterocycles. The largest absolute Gasteiger partial charge is 0.497 e. The summed E-state index contributed by atoms with van der Waals surface area (Å²) >= 11 is 0. The minimum absolute atomic E-state index is 0.0891. The van der Waals surface area contributed by atoms with Crippen molar-refractivity contribution in [3.05, 3.63) is 54.1 Å². The van der Waals surface area contributed by atoms with Gasteiger partial charge in [0.15, 0.2) is 0 Å². The summed E-state index contributed by atoms with van der Waals surface area (Å²) in [7, 11) is 1.65. The second-order valence-electron chi connectivity index (χ2n) is 6.86. The lowest BCUT2D eigenvalue weighted by atomic mass is 9.75. The first-order valence-corrected chi connectivity index (χ1v) is 9.20. The van der Waals surface area contributed by atoms with Crippen molar-refractivity contribution in [3.63, 3.8) is 0 Å². The summed E-state index contributed by atoms with van der Waals surface area (Å²) in [5, 5.41) is 11.0. The van der Waals surface area contributed by atoms with Crippen LogP contribution in [-0.2, 0) is 15.1 Å². The molecular formula is C22H26O4. The second-order valence-corrected chi connectivity index (χ2v) is 6.86. The van der Waals surface area contributed by atoms with Gasteiger partial charge in [-0.2, -0.15) is 0 Å². The van der Waals surface area contributed by atoms with Crippen molar-refractivity contribution in [1.29, 1.82) is 0 Å². The number of rotatable bonds is 5. The summed E-state index contributed by atoms with van der Waals surface area (Å²) in [5.41, 5.74) is 2.26. The molecule has 0 bridgehead atoms. The van der Waals surface area contributed by atoms with Crippen LogP contribution in [0.3, 0.4) is 0 Å². The maximum atomic E-state index is 11.9. The van der Waals surface area contributed by atoms with Crippen LogP contribution in [0.2, 0.25) is 0 Å². The Kier molecular flexibility index (Phi) is 5.62. The molecule has 2 aromatic rings. The van der Waals surface area contributed by atoms with E-state index in [0.29, 0.717) is 32.3 Å². The SMILES string of the molecule is CCOC(=O)C1CCC(O)(c2ccc(-c3ccc(OC)cc3)cc2)CC1. The summed E-state index contributed by atoms with van der Waals surface area (Å²) in [5.74, 6) is 0.608. The Morgan fingerprint density at radius 2 is 1.58 bits per heavy atom. The van der Waals surface area contributed by atoms with Crippen LogP contribution in [-0.4, -0.2) is 24.8 Å². The Bertz CT molecular complexity index is 726. The quantitative estimate of drug-likeness (QED) is 0.813. The lowest BCUT2D eigenvalue weighted by Gasteiger charge is -2.35. The Hall–Kier alpha value is -2.33. The van der Waals surface area contributed by atoms with Crippen molar-refractivity contribution in [2.45, 2.75) is 38.2 Å². The zero-order chi connectivity index (χ0) is 18.6. The molecule has 2 aromatic carbocycles. The molecule has 0 amide bonds. The van der Waals surface area contributed by atoms with E-state index in [2.05, 4.69) is 0 Å². The minimum Gasteiger partial charge on any atom is -0.497 e. The van der Waals surface area contributed by atoms with Crippen molar-refractivity contribution in [2.24, 2.45) is 5.92 Å². The van der Waals surface area contributed by atoms with Gasteiger partial charge in [-0.15, -0.1) is 0 Å². The van der Waals surface area contributed by atoms with Gasteiger partial charge < -0.3 is 14.6 Å². The molecule has 1 N–H and O–H groups in total. The topological polar surface area (TPSA) is 55.8 Å². The molecule has 0 spiro atoms. The normalized spacial score (nSPS) is 22.7. The number of benzene rings is 2. The predicted molar refractivity (Wildman–Crippen MR) is 101 cm³/mol. The van der Waals surface area contributed by atoms with Gasteiger partial charge in [0.25, 0.3) is 0 Å². The fraction of sp³-hybridized carbons (Fsp3) is 0.409. The number of ether oxygens (including phenoxy) is 2. The molecule has 0 saturated heterocycles. The smallest absolute Gasteiger partial charge is 0.308 e. The third-order valence-electron chi connectivity index (χ3n) is 5.28. The third kappa shape index (κ3) is 3.91. The number of methoxy groups -OCH3 is 1. The number of carbonyl (C=O) groups is 1. The summed E-state index contributed by atoms with van der Waals surface area (Å²) in [6, 6.07) is 16.0. The van der Waals surface area contributed by atoms with Gasteiger partial charge in [-0.25, -0.2) is 0 Å². The van der Waals surface area contributed by atoms with E-state index < -0.39 is 5.60 Å². The van der Waals surface area contributed by atoms with Crippen LogP contribution < -0.4 is 4.74 Å². The number of esters is 1. The molecule has 1 fully saturated rings. The Morgan fingerprint density at radius 3 is 2.08 bits per heavy atom. The van der Waals surface area contributed by atoms with Gasteiger partial charge in [-0.3, -0.25) is 4.79 Å². The lowest BCUT2D eigenvalue weighted by Crippen LogP contribution is -2.34. The summed E-state index contributed by atoms with van der Waals surface area (Å²) in [6.07, 6.45) is 2.49. The van der Waals surface area contributed by atoms with Gasteiger partial charge >= 0.3 is 5.97 Å². The fourth-order valence-corrected chi connectivity index (χ4v) is 3.64. The highest BCUT2D eigenvalue weighted by Crippen LogP contribution is 2.40. The van der Waals surface area contributed by atoms with Crippen LogP contribution >= 0.6 is 0 Å². The van der Waals surface area contributed by atoms with E-state index in [1.807, 2.05) is 55.5 Å². The van der Waals surface area contributed by atoms with Gasteiger partial charge in [0.05, 0.1) is 25.2 Å². The molecule has 1 aliphatic carbocycles. The third-order valence-corrected chi connectivity index (χ3v) is 5.28. The number of hydrogen-bond donors (Lipinski definition) is 1. The van der Waals surface area contributed by atoms with Crippen LogP contribution in [0.15, 0.2) is 48.5 Å². The monoisotopic (exact) mass is 354 g/mol. The average Bonchev–Trinajstić information content (AvgIpc) is 2.69. The molecule has 26 heavy (non-hydrogen) atoms. The van der Waals surface area contributed by atoms with E-state index in [-0.39, 0.29) is 11.9 Å². The highest BCUT2D eigenvalue weighted by molar-refractivity contribution is 5.72. The summed E-state index contributed by atoms with van der Waals surface area (Å²) in [6.45, 7) is 2.23. The average molecular weight is 354 g/mol. The molecule has 1 saturated carbocycles. The van der Waals surface area contributed by atoms with Crippen LogP contribution in [0.4, 0.5) is 0 Å². The zero-order valence-electron chi connectivity index (χ0n) is 15.4. The van der Waals surface area contributed by atoms with E-state index in [9.17, 15) is 9.90 Å². The molecule has 1 aliphatic rings. The molecule has 0 aliphatic heterocycles. The van der Waals surface area contributed by atoms with Crippen molar-refractivity contribution >= 4 is 5.97 Å². The van der Waals surface area contributed by atoms with E-state index in [1.165, 1.54) is 0 Å². The number of carbonyl (C=O) groups excluding carboxylic acids is 1. The van der Waals surface area contributed by atoms with E-state index in [1.54, 1.807) is 7.11 Å². The van der Waals surface area contributed by atoms with Gasteiger partial charge in [0.2, 0.25) is 0 Å². The molecule has 138 valence electrons. The predicted octanol–water partition coefficient (Wildman–Crippen LogP) is 4.30. The van der Waals surface area contributed by atoms with Crippen molar-refractivity contribution in [1.82, 2.24) is 0 Å². The maximum absolute atomic E-state index is 11.9. The summed E-state index contributed by atoms with van der Waals surface area (Å²) in [4.78, 5) is 11.9. The maximum Gasteiger partial charge on any atom is 0.308 e. The van der Waals surface area contributed by atoms with Crippen molar-refractivity contribution in [3.8, 4) is 16.9 Å². The van der Waals surface area contributed by atoms with Crippen molar-refractivity contribution < 1.29 is 19.4 Å². The van der Waals surface area contributed by atoms with Crippen LogP contribution in [0, 0.1) is 5.92 Å². The fourth-order valence-electron chi connectivity index (χ4n) is 3.64. The Labute approximate surface area is 154 Å². The standard InChI is InChI=1S/C22H26O4/c1-3-26-21(23)18-12-14-22(24,15-13-18)19-8-4-16(5-9-19)17-6-10-20(25-2)11-7-17/h4-11,18,24H,3,12-15H2,1-2H3. The van der Waals surface area contributed by atoms with Crippen LogP contribution in [0.5, 0.6) is 5.75 Å². The second kappa shape index (κ2) is 7.92.